The number of hydrogen-bond donors (Lipinski definition) is 0. The maximum Gasteiger partial charge on any atom is 0.208 e. The molecule has 0 radical (unpaired) electrons. The number of aliphatic imine (C=N–C) groups is 1. The second-order valence-corrected chi connectivity index (χ2v) is 3.16. The van der Waals surface area contributed by atoms with E-state index in [0.29, 0.717) is 11.4 Å². The van der Waals surface area contributed by atoms with Crippen molar-refractivity contribution in [1.82, 2.24) is 0 Å². The highest BCUT2D eigenvalue weighted by Gasteiger charge is 2.04. The average Bonchev–Trinajstić information content (AvgIpc) is 1.95. The van der Waals surface area contributed by atoms with E-state index in [1.165, 1.54) is 0 Å². The van der Waals surface area contributed by atoms with Crippen LogP contribution in [0.15, 0.2) is 17.1 Å². The number of hydrogen-bond acceptors (Lipinski definition) is 2. The van der Waals surface area contributed by atoms with Crippen LogP contribution in [-0.2, 0) is 4.74 Å². The minimum atomic E-state index is 0.386. The fourth-order valence-corrected chi connectivity index (χ4v) is 1.02. The predicted octanol–water partition coefficient (Wildman–Crippen LogP) is 1.75. The first-order chi connectivity index (χ1) is 4.83. The summed E-state index contributed by atoms with van der Waals surface area (Å²) in [5.41, 5.74) is 0. The SMILES string of the molecule is CCOC1=NCC(Br)C=C1. The fourth-order valence-electron chi connectivity index (χ4n) is 0.719. The standard InChI is InChI=1S/C7H10BrNO/c1-2-10-7-4-3-6(8)5-9-7/h3-4,6H,2,5H2,1H3. The number of halogens is 1. The summed E-state index contributed by atoms with van der Waals surface area (Å²) in [6, 6.07) is 0. The molecule has 0 aromatic rings. The zero-order valence-corrected chi connectivity index (χ0v) is 7.47. The van der Waals surface area contributed by atoms with Crippen molar-refractivity contribution in [3.63, 3.8) is 0 Å². The largest absolute Gasteiger partial charge is 0.478 e. The van der Waals surface area contributed by atoms with E-state index in [-0.39, 0.29) is 0 Å². The lowest BCUT2D eigenvalue weighted by Crippen LogP contribution is -2.11. The zero-order valence-electron chi connectivity index (χ0n) is 5.88. The van der Waals surface area contributed by atoms with Gasteiger partial charge in [0.05, 0.1) is 18.0 Å². The lowest BCUT2D eigenvalue weighted by molar-refractivity contribution is 0.328. The predicted molar refractivity (Wildman–Crippen MR) is 45.8 cm³/mol. The summed E-state index contributed by atoms with van der Waals surface area (Å²) in [5, 5.41) is 0. The minimum absolute atomic E-state index is 0.386. The van der Waals surface area contributed by atoms with Crippen molar-refractivity contribution in [3.05, 3.63) is 12.2 Å². The van der Waals surface area contributed by atoms with E-state index in [1.54, 1.807) is 0 Å². The number of ether oxygens (including phenoxy) is 1. The van der Waals surface area contributed by atoms with E-state index >= 15 is 0 Å². The molecule has 0 spiro atoms. The van der Waals surface area contributed by atoms with E-state index < -0.39 is 0 Å². The molecule has 0 N–H and O–H groups in total. The molecule has 56 valence electrons. The molecule has 1 aliphatic heterocycles. The Kier molecular flexibility index (Phi) is 2.93. The van der Waals surface area contributed by atoms with Crippen LogP contribution < -0.4 is 0 Å². The molecular weight excluding hydrogens is 194 g/mol. The number of alkyl halides is 1. The van der Waals surface area contributed by atoms with Crippen LogP contribution >= 0.6 is 15.9 Å². The van der Waals surface area contributed by atoms with E-state index in [9.17, 15) is 0 Å². The van der Waals surface area contributed by atoms with Crippen LogP contribution in [0.5, 0.6) is 0 Å². The monoisotopic (exact) mass is 203 g/mol. The molecule has 0 aliphatic carbocycles. The molecule has 1 unspecified atom stereocenters. The molecule has 0 saturated heterocycles. The molecule has 1 aliphatic rings. The molecule has 2 nitrogen and oxygen atoms in total. The Morgan fingerprint density at radius 2 is 2.70 bits per heavy atom. The maximum absolute atomic E-state index is 5.17. The molecule has 0 fully saturated rings. The van der Waals surface area contributed by atoms with Crippen molar-refractivity contribution < 1.29 is 4.74 Å². The molecule has 3 heteroatoms. The van der Waals surface area contributed by atoms with E-state index in [4.69, 9.17) is 4.74 Å². The molecular formula is C7H10BrNO. The fraction of sp³-hybridized carbons (Fsp3) is 0.571. The molecule has 10 heavy (non-hydrogen) atoms. The van der Waals surface area contributed by atoms with E-state index in [1.807, 2.05) is 19.1 Å². The quantitative estimate of drug-likeness (QED) is 0.596. The van der Waals surface area contributed by atoms with Crippen molar-refractivity contribution in [2.75, 3.05) is 13.2 Å². The molecule has 0 bridgehead atoms. The van der Waals surface area contributed by atoms with Gasteiger partial charge in [-0.3, -0.25) is 4.99 Å². The molecule has 1 heterocycles. The Morgan fingerprint density at radius 3 is 3.20 bits per heavy atom. The van der Waals surface area contributed by atoms with Crippen LogP contribution in [0.4, 0.5) is 0 Å². The molecule has 0 aromatic heterocycles. The topological polar surface area (TPSA) is 21.6 Å². The van der Waals surface area contributed by atoms with Gasteiger partial charge in [-0.2, -0.15) is 0 Å². The lowest BCUT2D eigenvalue weighted by atomic mass is 10.3. The van der Waals surface area contributed by atoms with Gasteiger partial charge in [-0.1, -0.05) is 22.0 Å². The molecule has 0 aromatic carbocycles. The Hall–Kier alpha value is -0.310. The Balaban J connectivity index is 2.42. The van der Waals surface area contributed by atoms with Crippen molar-refractivity contribution in [2.24, 2.45) is 4.99 Å². The number of dihydropyridines is 1. The Bertz CT molecular complexity index is 165. The Morgan fingerprint density at radius 1 is 1.90 bits per heavy atom. The smallest absolute Gasteiger partial charge is 0.208 e. The van der Waals surface area contributed by atoms with Crippen molar-refractivity contribution in [2.45, 2.75) is 11.8 Å². The van der Waals surface area contributed by atoms with Gasteiger partial charge in [0.2, 0.25) is 5.90 Å². The van der Waals surface area contributed by atoms with Crippen molar-refractivity contribution in [1.29, 1.82) is 0 Å². The van der Waals surface area contributed by atoms with Crippen LogP contribution in [0.3, 0.4) is 0 Å². The molecule has 0 amide bonds. The summed E-state index contributed by atoms with van der Waals surface area (Å²) in [7, 11) is 0. The Labute approximate surface area is 69.1 Å². The van der Waals surface area contributed by atoms with Crippen LogP contribution in [0, 0.1) is 0 Å². The summed E-state index contributed by atoms with van der Waals surface area (Å²) in [4.78, 5) is 4.55. The first kappa shape index (κ1) is 7.79. The van der Waals surface area contributed by atoms with Crippen molar-refractivity contribution >= 4 is 21.8 Å². The second-order valence-electron chi connectivity index (χ2n) is 1.99. The lowest BCUT2D eigenvalue weighted by Gasteiger charge is -2.09. The van der Waals surface area contributed by atoms with Gasteiger partial charge in [0.25, 0.3) is 0 Å². The van der Waals surface area contributed by atoms with Crippen LogP contribution in [0.1, 0.15) is 6.92 Å². The average molecular weight is 204 g/mol. The summed E-state index contributed by atoms with van der Waals surface area (Å²) in [6.45, 7) is 3.43. The second kappa shape index (κ2) is 3.76. The summed E-state index contributed by atoms with van der Waals surface area (Å²) in [5.74, 6) is 0.748. The van der Waals surface area contributed by atoms with Crippen LogP contribution in [0.2, 0.25) is 0 Å². The third kappa shape index (κ3) is 2.14. The normalized spacial score (nSPS) is 24.2. The molecule has 1 atom stereocenters. The summed E-state index contributed by atoms with van der Waals surface area (Å²) in [6.07, 6.45) is 3.93. The third-order valence-electron chi connectivity index (χ3n) is 1.16. The highest BCUT2D eigenvalue weighted by Crippen LogP contribution is 2.07. The van der Waals surface area contributed by atoms with Gasteiger partial charge in [-0.25, -0.2) is 0 Å². The first-order valence-electron chi connectivity index (χ1n) is 3.32. The number of nitrogens with zero attached hydrogens (tertiary/aromatic N) is 1. The van der Waals surface area contributed by atoms with Gasteiger partial charge in [-0.05, 0) is 13.0 Å². The zero-order chi connectivity index (χ0) is 7.40. The van der Waals surface area contributed by atoms with Gasteiger partial charge in [-0.15, -0.1) is 0 Å². The highest BCUT2D eigenvalue weighted by atomic mass is 79.9. The van der Waals surface area contributed by atoms with Gasteiger partial charge < -0.3 is 4.74 Å². The van der Waals surface area contributed by atoms with Gasteiger partial charge in [0.1, 0.15) is 0 Å². The first-order valence-corrected chi connectivity index (χ1v) is 4.24. The van der Waals surface area contributed by atoms with Crippen molar-refractivity contribution in [3.8, 4) is 0 Å². The minimum Gasteiger partial charge on any atom is -0.478 e. The highest BCUT2D eigenvalue weighted by molar-refractivity contribution is 9.09. The van der Waals surface area contributed by atoms with Gasteiger partial charge >= 0.3 is 0 Å². The molecule has 1 rings (SSSR count). The third-order valence-corrected chi connectivity index (χ3v) is 1.76. The van der Waals surface area contributed by atoms with Gasteiger partial charge in [0, 0.05) is 0 Å². The maximum atomic E-state index is 5.17. The summed E-state index contributed by atoms with van der Waals surface area (Å²) >= 11 is 3.42. The van der Waals surface area contributed by atoms with E-state index in [2.05, 4.69) is 20.9 Å². The number of rotatable bonds is 1. The summed E-state index contributed by atoms with van der Waals surface area (Å²) < 4.78 is 5.17. The van der Waals surface area contributed by atoms with E-state index in [0.717, 1.165) is 12.4 Å². The van der Waals surface area contributed by atoms with Crippen LogP contribution in [-0.4, -0.2) is 23.9 Å². The van der Waals surface area contributed by atoms with Gasteiger partial charge in [0.15, 0.2) is 0 Å². The molecule has 0 saturated carbocycles. The van der Waals surface area contributed by atoms with Crippen LogP contribution in [0.25, 0.3) is 0 Å².